The second-order valence-corrected chi connectivity index (χ2v) is 2.30. The Labute approximate surface area is 75.7 Å². The summed E-state index contributed by atoms with van der Waals surface area (Å²) < 4.78 is 4.28. The maximum atomic E-state index is 9.16. The predicted octanol–water partition coefficient (Wildman–Crippen LogP) is -0.257. The third kappa shape index (κ3) is 2.23. The van der Waals surface area contributed by atoms with Crippen molar-refractivity contribution in [2.24, 2.45) is 0 Å². The van der Waals surface area contributed by atoms with Gasteiger partial charge in [0, 0.05) is 0 Å². The molecule has 0 unspecified atom stereocenters. The Morgan fingerprint density at radius 2 is 1.85 bits per heavy atom. The first-order valence-corrected chi connectivity index (χ1v) is 3.51. The fourth-order valence-corrected chi connectivity index (χ4v) is 0.840. The molecule has 62 valence electrons. The molecule has 1 aromatic carbocycles. The zero-order valence-electron chi connectivity index (χ0n) is 6.64. The maximum Gasteiger partial charge on any atom is 0.570 e. The second kappa shape index (κ2) is 4.15. The van der Waals surface area contributed by atoms with Gasteiger partial charge in [0.1, 0.15) is 0 Å². The monoisotopic (exact) mass is 172 g/mol. The predicted molar refractivity (Wildman–Crippen MR) is 45.5 cm³/mol. The van der Waals surface area contributed by atoms with E-state index in [0.29, 0.717) is 11.0 Å². The van der Waals surface area contributed by atoms with Crippen LogP contribution in [0.5, 0.6) is 0 Å². The van der Waals surface area contributed by atoms with Gasteiger partial charge in [-0.15, -0.1) is 0 Å². The molecule has 0 spiro atoms. The van der Waals surface area contributed by atoms with Crippen LogP contribution in [0.25, 0.3) is 0 Å². The summed E-state index contributed by atoms with van der Waals surface area (Å²) in [5.41, 5.74) is 0.938. The lowest BCUT2D eigenvalue weighted by atomic mass is 9.79. The van der Waals surface area contributed by atoms with Gasteiger partial charge >= 0.3 is 7.12 Å². The first-order chi connectivity index (χ1) is 6.27. The first kappa shape index (κ1) is 9.12. The van der Waals surface area contributed by atoms with Gasteiger partial charge in [-0.25, -0.2) is 0 Å². The van der Waals surface area contributed by atoms with Crippen molar-refractivity contribution in [3.63, 3.8) is 0 Å². The van der Waals surface area contributed by atoms with Crippen molar-refractivity contribution in [1.29, 1.82) is 10.5 Å². The highest BCUT2D eigenvalue weighted by Gasteiger charge is 2.17. The van der Waals surface area contributed by atoms with E-state index in [1.165, 1.54) is 18.4 Å². The van der Waals surface area contributed by atoms with E-state index in [2.05, 4.69) is 4.65 Å². The van der Waals surface area contributed by atoms with E-state index in [1.54, 1.807) is 12.1 Å². The van der Waals surface area contributed by atoms with Gasteiger partial charge in [-0.1, -0.05) is 12.1 Å². The molecule has 0 amide bonds. The van der Waals surface area contributed by atoms with E-state index < -0.39 is 7.12 Å². The molecule has 1 rings (SSSR count). The topological polar surface area (TPSA) is 77.0 Å². The summed E-state index contributed by atoms with van der Waals surface area (Å²) in [6.07, 6.45) is 1.38. The maximum absolute atomic E-state index is 9.16. The Kier molecular flexibility index (Phi) is 2.91. The molecular weight excluding hydrogens is 167 g/mol. The van der Waals surface area contributed by atoms with Crippen LogP contribution >= 0.6 is 0 Å². The van der Waals surface area contributed by atoms with Crippen LogP contribution in [-0.4, -0.2) is 12.1 Å². The Bertz CT molecular complexity index is 363. The number of hydrogen-bond donors (Lipinski definition) is 1. The standard InChI is InChI=1S/C8H5BN2O2/c10-5-7-1-3-8(4-2-7)9(12)13-6-11/h1-4,12H. The van der Waals surface area contributed by atoms with Crippen molar-refractivity contribution < 1.29 is 9.68 Å². The minimum absolute atomic E-state index is 0.445. The summed E-state index contributed by atoms with van der Waals surface area (Å²) in [6, 6.07) is 8.08. The molecular formula is C8H5BN2O2. The van der Waals surface area contributed by atoms with Crippen LogP contribution in [0.2, 0.25) is 0 Å². The van der Waals surface area contributed by atoms with Crippen LogP contribution in [0, 0.1) is 22.8 Å². The number of nitriles is 2. The molecule has 4 nitrogen and oxygen atoms in total. The van der Waals surface area contributed by atoms with E-state index in [4.69, 9.17) is 15.5 Å². The zero-order chi connectivity index (χ0) is 9.68. The third-order valence-corrected chi connectivity index (χ3v) is 1.49. The minimum atomic E-state index is -1.25. The van der Waals surface area contributed by atoms with E-state index in [1.807, 2.05) is 6.07 Å². The minimum Gasteiger partial charge on any atom is -0.463 e. The quantitative estimate of drug-likeness (QED) is 0.492. The summed E-state index contributed by atoms with van der Waals surface area (Å²) in [5.74, 6) is 0. The summed E-state index contributed by atoms with van der Waals surface area (Å²) in [6.45, 7) is 0. The lowest BCUT2D eigenvalue weighted by Crippen LogP contribution is -2.31. The fraction of sp³-hybridized carbons (Fsp3) is 0. The summed E-state index contributed by atoms with van der Waals surface area (Å²) in [7, 11) is -1.25. The van der Waals surface area contributed by atoms with Crippen LogP contribution < -0.4 is 5.46 Å². The van der Waals surface area contributed by atoms with Crippen molar-refractivity contribution in [2.45, 2.75) is 0 Å². The Balaban J connectivity index is 2.82. The number of benzene rings is 1. The van der Waals surface area contributed by atoms with Crippen LogP contribution in [0.3, 0.4) is 0 Å². The van der Waals surface area contributed by atoms with Gasteiger partial charge in [0.15, 0.2) is 0 Å². The lowest BCUT2D eigenvalue weighted by molar-refractivity contribution is 0.402. The molecule has 1 N–H and O–H groups in total. The average Bonchev–Trinajstić information content (AvgIpc) is 2.18. The Morgan fingerprint density at radius 1 is 1.23 bits per heavy atom. The molecule has 0 aliphatic heterocycles. The highest BCUT2D eigenvalue weighted by atomic mass is 16.5. The molecule has 0 atom stereocenters. The van der Waals surface area contributed by atoms with Gasteiger partial charge in [-0.3, -0.25) is 0 Å². The van der Waals surface area contributed by atoms with Crippen LogP contribution in [0.4, 0.5) is 0 Å². The number of nitrogens with zero attached hydrogens (tertiary/aromatic N) is 2. The van der Waals surface area contributed by atoms with Crippen molar-refractivity contribution in [1.82, 2.24) is 0 Å². The molecule has 0 aliphatic rings. The normalized spacial score (nSPS) is 8.23. The largest absolute Gasteiger partial charge is 0.570 e. The Morgan fingerprint density at radius 3 is 2.31 bits per heavy atom. The lowest BCUT2D eigenvalue weighted by Gasteiger charge is -2.00. The molecule has 13 heavy (non-hydrogen) atoms. The average molecular weight is 172 g/mol. The Hall–Kier alpha value is -1.98. The van der Waals surface area contributed by atoms with Gasteiger partial charge in [0.2, 0.25) is 0 Å². The van der Waals surface area contributed by atoms with Crippen molar-refractivity contribution in [2.75, 3.05) is 0 Å². The number of hydrogen-bond acceptors (Lipinski definition) is 4. The molecule has 1 aromatic rings. The van der Waals surface area contributed by atoms with Gasteiger partial charge in [-0.2, -0.15) is 10.5 Å². The molecule has 5 heteroatoms. The molecule has 0 aromatic heterocycles. The highest BCUT2D eigenvalue weighted by molar-refractivity contribution is 6.60. The second-order valence-electron chi connectivity index (χ2n) is 2.30. The van der Waals surface area contributed by atoms with Crippen LogP contribution in [0.15, 0.2) is 24.3 Å². The fourth-order valence-electron chi connectivity index (χ4n) is 0.840. The molecule has 0 saturated heterocycles. The van der Waals surface area contributed by atoms with E-state index in [0.717, 1.165) is 0 Å². The smallest absolute Gasteiger partial charge is 0.463 e. The molecule has 0 bridgehead atoms. The highest BCUT2D eigenvalue weighted by Crippen LogP contribution is 1.94. The van der Waals surface area contributed by atoms with Crippen molar-refractivity contribution >= 4 is 12.6 Å². The molecule has 0 radical (unpaired) electrons. The molecule has 0 saturated carbocycles. The summed E-state index contributed by atoms with van der Waals surface area (Å²) in [5, 5.41) is 25.7. The van der Waals surface area contributed by atoms with Gasteiger partial charge < -0.3 is 9.68 Å². The SMILES string of the molecule is N#COB(O)c1ccc(C#N)cc1. The van der Waals surface area contributed by atoms with E-state index in [-0.39, 0.29) is 0 Å². The van der Waals surface area contributed by atoms with Crippen molar-refractivity contribution in [3.8, 4) is 12.3 Å². The third-order valence-electron chi connectivity index (χ3n) is 1.49. The summed E-state index contributed by atoms with van der Waals surface area (Å²) >= 11 is 0. The van der Waals surface area contributed by atoms with E-state index in [9.17, 15) is 0 Å². The first-order valence-electron chi connectivity index (χ1n) is 3.51. The zero-order valence-corrected chi connectivity index (χ0v) is 6.64. The molecule has 0 aliphatic carbocycles. The van der Waals surface area contributed by atoms with Crippen molar-refractivity contribution in [3.05, 3.63) is 29.8 Å². The van der Waals surface area contributed by atoms with Gasteiger partial charge in [0.05, 0.1) is 11.6 Å². The van der Waals surface area contributed by atoms with Gasteiger partial charge in [0.25, 0.3) is 6.26 Å². The van der Waals surface area contributed by atoms with Crippen LogP contribution in [0.1, 0.15) is 5.56 Å². The van der Waals surface area contributed by atoms with Crippen LogP contribution in [-0.2, 0) is 4.65 Å². The summed E-state index contributed by atoms with van der Waals surface area (Å²) in [4.78, 5) is 0. The van der Waals surface area contributed by atoms with Gasteiger partial charge in [-0.05, 0) is 17.6 Å². The number of rotatable bonds is 2. The molecule has 0 heterocycles. The van der Waals surface area contributed by atoms with E-state index >= 15 is 0 Å². The molecule has 0 fully saturated rings.